The third-order valence-corrected chi connectivity index (χ3v) is 4.24. The number of carbonyl (C=O) groups excluding carboxylic acids is 3. The molecule has 0 saturated heterocycles. The molecule has 0 aliphatic rings. The number of anilines is 1. The van der Waals surface area contributed by atoms with E-state index in [4.69, 9.17) is 4.74 Å². The summed E-state index contributed by atoms with van der Waals surface area (Å²) in [5.74, 6) is -1.23. The molecule has 3 aromatic rings. The van der Waals surface area contributed by atoms with Crippen molar-refractivity contribution in [2.45, 2.75) is 20.8 Å². The van der Waals surface area contributed by atoms with E-state index in [9.17, 15) is 14.4 Å². The summed E-state index contributed by atoms with van der Waals surface area (Å²) in [6.45, 7) is 5.11. The van der Waals surface area contributed by atoms with Gasteiger partial charge in [0.2, 0.25) is 5.91 Å². The fourth-order valence-electron chi connectivity index (χ4n) is 2.56. The molecule has 1 N–H and O–H groups in total. The lowest BCUT2D eigenvalue weighted by Gasteiger charge is -2.08. The summed E-state index contributed by atoms with van der Waals surface area (Å²) < 4.78 is 6.89. The van der Waals surface area contributed by atoms with Crippen molar-refractivity contribution in [2.24, 2.45) is 5.92 Å². The van der Waals surface area contributed by atoms with Gasteiger partial charge in [-0.3, -0.25) is 9.59 Å². The monoisotopic (exact) mass is 379 g/mol. The molecule has 144 valence electrons. The van der Waals surface area contributed by atoms with Crippen molar-refractivity contribution in [1.82, 2.24) is 9.38 Å². The predicted molar refractivity (Wildman–Crippen MR) is 104 cm³/mol. The number of benzene rings is 1. The number of ketones is 1. The van der Waals surface area contributed by atoms with E-state index in [0.717, 1.165) is 5.69 Å². The summed E-state index contributed by atoms with van der Waals surface area (Å²) in [5.41, 5.74) is 2.71. The van der Waals surface area contributed by atoms with E-state index >= 15 is 0 Å². The lowest BCUT2D eigenvalue weighted by Crippen LogP contribution is -2.18. The Bertz CT molecular complexity index is 1040. The van der Waals surface area contributed by atoms with E-state index < -0.39 is 5.97 Å². The molecule has 0 aliphatic heterocycles. The first-order valence-electron chi connectivity index (χ1n) is 8.91. The fraction of sp³-hybridized carbons (Fsp3) is 0.238. The minimum Gasteiger partial charge on any atom is -0.453 e. The van der Waals surface area contributed by atoms with E-state index in [1.165, 1.54) is 0 Å². The quantitative estimate of drug-likeness (QED) is 0.524. The standard InChI is InChI=1S/C21H21N3O4/c1-13(2)20(26)22-16-9-7-15(8-10-16)18(25)12-28-21(27)17-11-24-14(3)5-4-6-19(24)23-17/h4-11,13H,12H2,1-3H3,(H,22,26). The summed E-state index contributed by atoms with van der Waals surface area (Å²) in [6.07, 6.45) is 1.59. The van der Waals surface area contributed by atoms with Crippen LogP contribution in [0.5, 0.6) is 0 Å². The van der Waals surface area contributed by atoms with Crippen LogP contribution in [0, 0.1) is 12.8 Å². The molecule has 7 heteroatoms. The Balaban J connectivity index is 1.60. The molecule has 1 aromatic carbocycles. The van der Waals surface area contributed by atoms with Crippen molar-refractivity contribution in [2.75, 3.05) is 11.9 Å². The number of pyridine rings is 1. The number of Topliss-reactive ketones (excluding diaryl/α,β-unsaturated/α-hetero) is 1. The molecule has 0 bridgehead atoms. The number of rotatable bonds is 6. The fourth-order valence-corrected chi connectivity index (χ4v) is 2.56. The molecule has 2 heterocycles. The summed E-state index contributed by atoms with van der Waals surface area (Å²) in [5, 5.41) is 2.75. The van der Waals surface area contributed by atoms with Crippen LogP contribution in [0.2, 0.25) is 0 Å². The van der Waals surface area contributed by atoms with Crippen LogP contribution in [0.3, 0.4) is 0 Å². The first kappa shape index (κ1) is 19.3. The molecule has 0 unspecified atom stereocenters. The van der Waals surface area contributed by atoms with Crippen molar-refractivity contribution in [3.8, 4) is 0 Å². The zero-order valence-corrected chi connectivity index (χ0v) is 15.9. The molecule has 7 nitrogen and oxygen atoms in total. The zero-order chi connectivity index (χ0) is 20.3. The Labute approximate surface area is 162 Å². The molecule has 28 heavy (non-hydrogen) atoms. The van der Waals surface area contributed by atoms with Crippen LogP contribution in [0.15, 0.2) is 48.7 Å². The highest BCUT2D eigenvalue weighted by Gasteiger charge is 2.16. The number of hydrogen-bond acceptors (Lipinski definition) is 5. The van der Waals surface area contributed by atoms with Crippen LogP contribution in [-0.2, 0) is 9.53 Å². The maximum absolute atomic E-state index is 12.3. The molecule has 0 radical (unpaired) electrons. The van der Waals surface area contributed by atoms with Gasteiger partial charge in [-0.15, -0.1) is 0 Å². The van der Waals surface area contributed by atoms with Gasteiger partial charge in [-0.05, 0) is 43.3 Å². The van der Waals surface area contributed by atoms with Gasteiger partial charge >= 0.3 is 5.97 Å². The van der Waals surface area contributed by atoms with E-state index in [-0.39, 0.29) is 29.9 Å². The Morgan fingerprint density at radius 1 is 1.11 bits per heavy atom. The van der Waals surface area contributed by atoms with Crippen LogP contribution >= 0.6 is 0 Å². The van der Waals surface area contributed by atoms with Gasteiger partial charge in [0.25, 0.3) is 0 Å². The van der Waals surface area contributed by atoms with Crippen LogP contribution < -0.4 is 5.32 Å². The first-order chi connectivity index (χ1) is 13.3. The van der Waals surface area contributed by atoms with Crippen molar-refractivity contribution in [3.63, 3.8) is 0 Å². The lowest BCUT2D eigenvalue weighted by molar-refractivity contribution is -0.118. The second-order valence-electron chi connectivity index (χ2n) is 6.74. The number of aromatic nitrogens is 2. The normalized spacial score (nSPS) is 10.9. The SMILES string of the molecule is Cc1cccc2nc(C(=O)OCC(=O)c3ccc(NC(=O)C(C)C)cc3)cn12. The summed E-state index contributed by atoms with van der Waals surface area (Å²) in [6, 6.07) is 12.0. The van der Waals surface area contributed by atoms with Gasteiger partial charge in [0.1, 0.15) is 5.65 Å². The number of carbonyl (C=O) groups is 3. The van der Waals surface area contributed by atoms with E-state index in [1.807, 2.05) is 19.1 Å². The smallest absolute Gasteiger partial charge is 0.359 e. The molecular weight excluding hydrogens is 358 g/mol. The minimum atomic E-state index is -0.655. The number of nitrogens with zero attached hydrogens (tertiary/aromatic N) is 2. The van der Waals surface area contributed by atoms with Crippen LogP contribution in [-0.4, -0.2) is 33.7 Å². The van der Waals surface area contributed by atoms with Crippen molar-refractivity contribution < 1.29 is 19.1 Å². The third kappa shape index (κ3) is 4.25. The molecule has 0 fully saturated rings. The van der Waals surface area contributed by atoms with Crippen LogP contribution in [0.1, 0.15) is 40.4 Å². The van der Waals surface area contributed by atoms with Gasteiger partial charge < -0.3 is 14.5 Å². The number of nitrogens with one attached hydrogen (secondary N) is 1. The van der Waals surface area contributed by atoms with Gasteiger partial charge in [-0.2, -0.15) is 0 Å². The maximum Gasteiger partial charge on any atom is 0.359 e. The Kier molecular flexibility index (Phi) is 5.54. The average molecular weight is 379 g/mol. The molecule has 2 aromatic heterocycles. The molecular formula is C21H21N3O4. The molecule has 0 atom stereocenters. The van der Waals surface area contributed by atoms with Gasteiger partial charge in [0.15, 0.2) is 18.1 Å². The van der Waals surface area contributed by atoms with Crippen molar-refractivity contribution in [3.05, 3.63) is 65.6 Å². The van der Waals surface area contributed by atoms with E-state index in [0.29, 0.717) is 16.9 Å². The number of fused-ring (bicyclic) bond motifs is 1. The zero-order valence-electron chi connectivity index (χ0n) is 15.9. The maximum atomic E-state index is 12.3. The minimum absolute atomic E-state index is 0.101. The van der Waals surface area contributed by atoms with Crippen molar-refractivity contribution >= 4 is 29.0 Å². The Morgan fingerprint density at radius 2 is 1.82 bits per heavy atom. The summed E-state index contributed by atoms with van der Waals surface area (Å²) >= 11 is 0. The van der Waals surface area contributed by atoms with Crippen LogP contribution in [0.4, 0.5) is 5.69 Å². The lowest BCUT2D eigenvalue weighted by atomic mass is 10.1. The number of hydrogen-bond donors (Lipinski definition) is 1. The van der Waals surface area contributed by atoms with Crippen molar-refractivity contribution in [1.29, 1.82) is 0 Å². The number of esters is 1. The topological polar surface area (TPSA) is 89.8 Å². The van der Waals surface area contributed by atoms with Gasteiger partial charge in [0.05, 0.1) is 0 Å². The summed E-state index contributed by atoms with van der Waals surface area (Å²) in [4.78, 5) is 40.4. The van der Waals surface area contributed by atoms with Crippen LogP contribution in [0.25, 0.3) is 5.65 Å². The first-order valence-corrected chi connectivity index (χ1v) is 8.91. The molecule has 1 amide bonds. The van der Waals surface area contributed by atoms with Gasteiger partial charge in [-0.1, -0.05) is 19.9 Å². The average Bonchev–Trinajstić information content (AvgIpc) is 3.12. The summed E-state index contributed by atoms with van der Waals surface area (Å²) in [7, 11) is 0. The highest BCUT2D eigenvalue weighted by atomic mass is 16.5. The Morgan fingerprint density at radius 3 is 2.46 bits per heavy atom. The second-order valence-corrected chi connectivity index (χ2v) is 6.74. The second kappa shape index (κ2) is 8.04. The largest absolute Gasteiger partial charge is 0.453 e. The highest BCUT2D eigenvalue weighted by Crippen LogP contribution is 2.13. The molecule has 0 spiro atoms. The van der Waals surface area contributed by atoms with Gasteiger partial charge in [0, 0.05) is 29.1 Å². The molecule has 3 rings (SSSR count). The molecule has 0 saturated carbocycles. The number of aryl methyl sites for hydroxylation is 1. The van der Waals surface area contributed by atoms with E-state index in [2.05, 4.69) is 10.3 Å². The number of ether oxygens (including phenoxy) is 1. The predicted octanol–water partition coefficient (Wildman–Crippen LogP) is 3.28. The van der Waals surface area contributed by atoms with E-state index in [1.54, 1.807) is 54.8 Å². The highest BCUT2D eigenvalue weighted by molar-refractivity contribution is 6.00. The third-order valence-electron chi connectivity index (χ3n) is 4.24. The number of amides is 1. The molecule has 0 aliphatic carbocycles. The number of imidazole rings is 1. The Hall–Kier alpha value is -3.48. The van der Waals surface area contributed by atoms with Gasteiger partial charge in [-0.25, -0.2) is 9.78 Å².